The first-order valence-electron chi connectivity index (χ1n) is 10.8. The molecular weight excluding hydrogens is 389 g/mol. The number of hydrogen-bond acceptors (Lipinski definition) is 5. The minimum Gasteiger partial charge on any atom is -0.489 e. The van der Waals surface area contributed by atoms with Crippen molar-refractivity contribution < 1.29 is 23.5 Å². The molecule has 8 heteroatoms. The molecule has 7 nitrogen and oxygen atoms in total. The summed E-state index contributed by atoms with van der Waals surface area (Å²) in [5.41, 5.74) is 1.40. The van der Waals surface area contributed by atoms with E-state index in [-0.39, 0.29) is 37.1 Å². The van der Waals surface area contributed by atoms with Gasteiger partial charge in [-0.2, -0.15) is 0 Å². The maximum atomic E-state index is 12.9. The molecule has 2 heterocycles. The van der Waals surface area contributed by atoms with E-state index in [2.05, 4.69) is 10.2 Å². The van der Waals surface area contributed by atoms with Crippen molar-refractivity contribution in [1.82, 2.24) is 15.1 Å². The molecule has 1 aromatic rings. The van der Waals surface area contributed by atoms with E-state index in [4.69, 9.17) is 4.74 Å². The number of alkyl halides is 1. The van der Waals surface area contributed by atoms with Gasteiger partial charge in [-0.15, -0.1) is 0 Å². The van der Waals surface area contributed by atoms with Crippen LogP contribution in [0, 0.1) is 0 Å². The number of imide groups is 1. The molecule has 1 aromatic carbocycles. The zero-order valence-electron chi connectivity index (χ0n) is 17.2. The van der Waals surface area contributed by atoms with Crippen LogP contribution in [0.1, 0.15) is 54.9 Å². The number of benzene rings is 1. The molecule has 162 valence electrons. The lowest BCUT2D eigenvalue weighted by atomic mass is 10.0. The molecule has 3 atom stereocenters. The Balaban J connectivity index is 1.46. The van der Waals surface area contributed by atoms with E-state index in [9.17, 15) is 18.8 Å². The number of rotatable bonds is 7. The summed E-state index contributed by atoms with van der Waals surface area (Å²) in [7, 11) is 0. The molecule has 2 fully saturated rings. The van der Waals surface area contributed by atoms with Gasteiger partial charge in [-0.25, -0.2) is 4.39 Å². The summed E-state index contributed by atoms with van der Waals surface area (Å²) in [5.74, 6) is -0.203. The van der Waals surface area contributed by atoms with Crippen LogP contribution in [0.5, 0.6) is 5.75 Å². The standard InChI is InChI=1S/C22H28FN3O4/c1-2-25(11-10-23)17-4-3-5-19(17)30-15-6-7-16-14(12-15)13-26(22(16)29)18-8-9-20(27)24-21(18)28/h6-7,12,17-19H,2-5,8-11,13H2,1H3,(H,24,27,28). The highest BCUT2D eigenvalue weighted by molar-refractivity contribution is 6.05. The minimum absolute atomic E-state index is 0.00195. The topological polar surface area (TPSA) is 79.0 Å². The zero-order valence-corrected chi connectivity index (χ0v) is 17.2. The van der Waals surface area contributed by atoms with Gasteiger partial charge in [0.05, 0.1) is 0 Å². The number of fused-ring (bicyclic) bond motifs is 1. The van der Waals surface area contributed by atoms with Crippen molar-refractivity contribution in [2.24, 2.45) is 0 Å². The Morgan fingerprint density at radius 2 is 2.07 bits per heavy atom. The van der Waals surface area contributed by atoms with Gasteiger partial charge in [-0.1, -0.05) is 6.92 Å². The molecule has 0 aromatic heterocycles. The molecule has 1 aliphatic carbocycles. The quantitative estimate of drug-likeness (QED) is 0.687. The molecule has 3 unspecified atom stereocenters. The number of carbonyl (C=O) groups is 3. The van der Waals surface area contributed by atoms with E-state index < -0.39 is 11.9 Å². The first kappa shape index (κ1) is 20.8. The van der Waals surface area contributed by atoms with Crippen molar-refractivity contribution in [3.63, 3.8) is 0 Å². The first-order valence-corrected chi connectivity index (χ1v) is 10.8. The van der Waals surface area contributed by atoms with Gasteiger partial charge in [0.25, 0.3) is 5.91 Å². The smallest absolute Gasteiger partial charge is 0.255 e. The largest absolute Gasteiger partial charge is 0.489 e. The first-order chi connectivity index (χ1) is 14.5. The Hall–Kier alpha value is -2.48. The fraction of sp³-hybridized carbons (Fsp3) is 0.591. The molecule has 4 rings (SSSR count). The lowest BCUT2D eigenvalue weighted by Gasteiger charge is -2.31. The van der Waals surface area contributed by atoms with Crippen molar-refractivity contribution in [1.29, 1.82) is 0 Å². The van der Waals surface area contributed by atoms with Gasteiger partial charge >= 0.3 is 0 Å². The third-order valence-electron chi connectivity index (χ3n) is 6.45. The van der Waals surface area contributed by atoms with Crippen LogP contribution < -0.4 is 10.1 Å². The van der Waals surface area contributed by atoms with Gasteiger partial charge in [-0.3, -0.25) is 24.6 Å². The van der Waals surface area contributed by atoms with Crippen LogP contribution >= 0.6 is 0 Å². The number of nitrogens with one attached hydrogen (secondary N) is 1. The summed E-state index contributed by atoms with van der Waals surface area (Å²) in [4.78, 5) is 40.1. The van der Waals surface area contributed by atoms with Gasteiger partial charge in [0.15, 0.2) is 0 Å². The Morgan fingerprint density at radius 1 is 1.23 bits per heavy atom. The number of piperidine rings is 1. The predicted molar refractivity (Wildman–Crippen MR) is 108 cm³/mol. The van der Waals surface area contributed by atoms with Crippen molar-refractivity contribution >= 4 is 17.7 Å². The summed E-state index contributed by atoms with van der Waals surface area (Å²) in [5, 5.41) is 2.32. The Bertz CT molecular complexity index is 846. The second-order valence-corrected chi connectivity index (χ2v) is 8.19. The number of nitrogens with zero attached hydrogens (tertiary/aromatic N) is 2. The number of ether oxygens (including phenoxy) is 1. The number of amides is 3. The van der Waals surface area contributed by atoms with Gasteiger partial charge in [-0.05, 0) is 56.0 Å². The van der Waals surface area contributed by atoms with Crippen LogP contribution in [-0.4, -0.2) is 65.5 Å². The molecular formula is C22H28FN3O4. The van der Waals surface area contributed by atoms with Crippen molar-refractivity contribution in [2.45, 2.75) is 63.8 Å². The average molecular weight is 417 g/mol. The SMILES string of the molecule is CCN(CCF)C1CCCC1Oc1ccc2c(c1)CN(C1CCC(=O)NC1=O)C2=O. The lowest BCUT2D eigenvalue weighted by Crippen LogP contribution is -2.52. The van der Waals surface area contributed by atoms with E-state index in [0.717, 1.165) is 31.4 Å². The van der Waals surface area contributed by atoms with Crippen LogP contribution in [0.4, 0.5) is 4.39 Å². The summed E-state index contributed by atoms with van der Waals surface area (Å²) >= 11 is 0. The molecule has 30 heavy (non-hydrogen) atoms. The molecule has 3 aliphatic rings. The molecule has 0 radical (unpaired) electrons. The molecule has 1 saturated carbocycles. The number of halogens is 1. The number of likely N-dealkylation sites (N-methyl/N-ethyl adjacent to an activating group) is 1. The van der Waals surface area contributed by atoms with Crippen molar-refractivity contribution in [2.75, 3.05) is 19.8 Å². The Morgan fingerprint density at radius 3 is 2.80 bits per heavy atom. The fourth-order valence-corrected chi connectivity index (χ4v) is 4.93. The predicted octanol–water partition coefficient (Wildman–Crippen LogP) is 2.04. The van der Waals surface area contributed by atoms with E-state index in [1.54, 1.807) is 12.1 Å². The van der Waals surface area contributed by atoms with Crippen LogP contribution in [0.15, 0.2) is 18.2 Å². The molecule has 1 saturated heterocycles. The molecule has 3 amide bonds. The average Bonchev–Trinajstić information content (AvgIpc) is 3.30. The second kappa shape index (κ2) is 8.71. The zero-order chi connectivity index (χ0) is 21.3. The van der Waals surface area contributed by atoms with E-state index in [1.807, 2.05) is 13.0 Å². The number of carbonyl (C=O) groups excluding carboxylic acids is 3. The van der Waals surface area contributed by atoms with Crippen LogP contribution in [0.25, 0.3) is 0 Å². The molecule has 0 spiro atoms. The highest BCUT2D eigenvalue weighted by Crippen LogP contribution is 2.33. The molecule has 0 bridgehead atoms. The third kappa shape index (κ3) is 3.93. The highest BCUT2D eigenvalue weighted by atomic mass is 19.1. The lowest BCUT2D eigenvalue weighted by molar-refractivity contribution is -0.136. The van der Waals surface area contributed by atoms with Gasteiger partial charge in [0, 0.05) is 31.1 Å². The van der Waals surface area contributed by atoms with Crippen LogP contribution in [0.2, 0.25) is 0 Å². The summed E-state index contributed by atoms with van der Waals surface area (Å²) in [6.45, 7) is 3.20. The normalized spacial score (nSPS) is 26.3. The van der Waals surface area contributed by atoms with Crippen molar-refractivity contribution in [3.05, 3.63) is 29.3 Å². The van der Waals surface area contributed by atoms with E-state index >= 15 is 0 Å². The maximum Gasteiger partial charge on any atom is 0.255 e. The molecule has 2 aliphatic heterocycles. The van der Waals surface area contributed by atoms with Gasteiger partial charge in [0.2, 0.25) is 11.8 Å². The Labute approximate surface area is 175 Å². The van der Waals surface area contributed by atoms with Crippen LogP contribution in [-0.2, 0) is 16.1 Å². The monoisotopic (exact) mass is 417 g/mol. The Kier molecular flexibility index (Phi) is 6.04. The van der Waals surface area contributed by atoms with E-state index in [0.29, 0.717) is 30.8 Å². The van der Waals surface area contributed by atoms with Gasteiger partial charge < -0.3 is 9.64 Å². The summed E-state index contributed by atoms with van der Waals surface area (Å²) in [6.07, 6.45) is 3.54. The van der Waals surface area contributed by atoms with Gasteiger partial charge in [0.1, 0.15) is 24.6 Å². The molecule has 1 N–H and O–H groups in total. The van der Waals surface area contributed by atoms with Crippen LogP contribution in [0.3, 0.4) is 0 Å². The number of hydrogen-bond donors (Lipinski definition) is 1. The minimum atomic E-state index is -0.620. The maximum absolute atomic E-state index is 12.9. The second-order valence-electron chi connectivity index (χ2n) is 8.19. The van der Waals surface area contributed by atoms with Crippen molar-refractivity contribution in [3.8, 4) is 5.75 Å². The van der Waals surface area contributed by atoms with E-state index in [1.165, 1.54) is 4.90 Å². The highest BCUT2D eigenvalue weighted by Gasteiger charge is 2.39. The fourth-order valence-electron chi connectivity index (χ4n) is 4.93. The third-order valence-corrected chi connectivity index (χ3v) is 6.45. The summed E-state index contributed by atoms with van der Waals surface area (Å²) in [6, 6.07) is 5.00. The summed E-state index contributed by atoms with van der Waals surface area (Å²) < 4.78 is 19.2.